The van der Waals surface area contributed by atoms with E-state index in [0.717, 1.165) is 0 Å². The largest absolute Gasteiger partial charge is 0.494 e. The summed E-state index contributed by atoms with van der Waals surface area (Å²) in [6.07, 6.45) is 4.88. The summed E-state index contributed by atoms with van der Waals surface area (Å²) in [4.78, 5) is 126. The lowest BCUT2D eigenvalue weighted by Gasteiger charge is -2.34. The third-order valence-corrected chi connectivity index (χ3v) is 16.0. The fourth-order valence-electron chi connectivity index (χ4n) is 11.3. The molecule has 3 atom stereocenters. The Labute approximate surface area is 529 Å². The highest BCUT2D eigenvalue weighted by molar-refractivity contribution is 6.01. The summed E-state index contributed by atoms with van der Waals surface area (Å²) in [6.45, 7) is 16.8. The summed E-state index contributed by atoms with van der Waals surface area (Å²) < 4.78 is 24.5. The standard InChI is InChI=1S/C63H80N18O11/c1-9-80-47(29-37(5)73-80)57(85)71-61-68-44-31-41(54(65)82)33-49(90-8)52(44)78(61)21-11-12-22-79-53-45(69-62(79)72-58(86)48-30-38(6)74-81(48)10-2)32-42(55(66)83)34-50(53)91-28-14-20-75-24-26-76(27-25-75)63(89)92-35-40-16-18-43(19-17-40)67-59(87)51(36(3)4)70-56(84)46-15-13-23-77(46)60(88)39(7)64/h11-12,16-19,29-34,36,39,46,51H,9-10,13-15,20-28,35,64H2,1-8H3,(H2,65,82)(H2,66,83)(H,67,87)(H,70,84)(H,68,71,85)(H,69,72,86)/b12-11+/t39?,46-,51?/m0/s1. The van der Waals surface area contributed by atoms with Gasteiger partial charge in [0, 0.05) is 82.3 Å². The molecule has 2 unspecified atom stereocenters. The molecular weight excluding hydrogens is 1180 g/mol. The smallest absolute Gasteiger partial charge is 0.410 e. The predicted octanol–water partition coefficient (Wildman–Crippen LogP) is 3.39. The minimum atomic E-state index is -0.862. The Kier molecular flexibility index (Phi) is 21.0. The Bertz CT molecular complexity index is 4120. The quantitative estimate of drug-likeness (QED) is 0.0337. The number of piperazine rings is 1. The van der Waals surface area contributed by atoms with Gasteiger partial charge in [0.2, 0.25) is 40.8 Å². The zero-order valence-electron chi connectivity index (χ0n) is 53.0. The van der Waals surface area contributed by atoms with E-state index in [-0.39, 0.29) is 71.9 Å². The summed E-state index contributed by atoms with van der Waals surface area (Å²) in [5.41, 5.74) is 22.8. The van der Waals surface area contributed by atoms with E-state index in [0.29, 0.717) is 128 Å². The number of benzene rings is 3. The maximum Gasteiger partial charge on any atom is 0.410 e. The van der Waals surface area contributed by atoms with Gasteiger partial charge in [-0.15, -0.1) is 0 Å². The van der Waals surface area contributed by atoms with Crippen molar-refractivity contribution in [1.29, 1.82) is 0 Å². The molecule has 488 valence electrons. The number of hydrogen-bond acceptors (Lipinski definition) is 15. The molecule has 3 aromatic carbocycles. The lowest BCUT2D eigenvalue weighted by atomic mass is 10.0. The van der Waals surface area contributed by atoms with Gasteiger partial charge >= 0.3 is 6.09 Å². The summed E-state index contributed by atoms with van der Waals surface area (Å²) in [5, 5.41) is 14.6. The number of likely N-dealkylation sites (tertiary alicyclic amines) is 1. The Morgan fingerprint density at radius 3 is 1.79 bits per heavy atom. The van der Waals surface area contributed by atoms with Gasteiger partial charge in [0.25, 0.3) is 11.8 Å². The summed E-state index contributed by atoms with van der Waals surface area (Å²) in [6, 6.07) is 14.1. The van der Waals surface area contributed by atoms with Crippen molar-refractivity contribution in [3.63, 3.8) is 0 Å². The van der Waals surface area contributed by atoms with Crippen LogP contribution < -0.4 is 48.5 Å². The van der Waals surface area contributed by atoms with Crippen molar-refractivity contribution >= 4 is 75.2 Å². The first kappa shape index (κ1) is 66.3. The molecule has 4 aromatic heterocycles. The molecule has 8 amide bonds. The number of methoxy groups -OCH3 is 1. The van der Waals surface area contributed by atoms with Crippen LogP contribution in [0.2, 0.25) is 0 Å². The van der Waals surface area contributed by atoms with Gasteiger partial charge in [-0.2, -0.15) is 20.2 Å². The van der Waals surface area contributed by atoms with Crippen molar-refractivity contribution in [2.24, 2.45) is 33.1 Å². The zero-order chi connectivity index (χ0) is 66.1. The summed E-state index contributed by atoms with van der Waals surface area (Å²) in [5.74, 6) is -3.30. The van der Waals surface area contributed by atoms with Gasteiger partial charge in [-0.25, -0.2) is 4.79 Å². The molecular formula is C63H80N18O11. The highest BCUT2D eigenvalue weighted by atomic mass is 16.6. The number of ether oxygens (including phenoxy) is 3. The number of hydrogen-bond donors (Lipinski definition) is 7. The number of primary amides is 2. The molecule has 0 saturated carbocycles. The number of anilines is 1. The predicted molar refractivity (Wildman–Crippen MR) is 339 cm³/mol. The Morgan fingerprint density at radius 1 is 0.739 bits per heavy atom. The van der Waals surface area contributed by atoms with E-state index in [1.807, 2.05) is 39.8 Å². The Hall–Kier alpha value is -10.2. The topological polar surface area (TPSA) is 378 Å². The minimum absolute atomic E-state index is 0.000562. The van der Waals surface area contributed by atoms with E-state index in [1.54, 1.807) is 98.8 Å². The van der Waals surface area contributed by atoms with Gasteiger partial charge < -0.3 is 70.9 Å². The maximum atomic E-state index is 14.0. The van der Waals surface area contributed by atoms with Crippen LogP contribution in [0.15, 0.2) is 82.8 Å². The van der Waals surface area contributed by atoms with Crippen molar-refractivity contribution in [1.82, 2.24) is 58.7 Å². The monoisotopic (exact) mass is 1260 g/mol. The number of nitrogens with two attached hydrogens (primary N) is 3. The fraction of sp³-hybridized carbons (Fsp3) is 0.429. The molecule has 0 bridgehead atoms. The number of H-pyrrole nitrogens is 2. The van der Waals surface area contributed by atoms with Crippen LogP contribution in [-0.2, 0) is 51.9 Å². The highest BCUT2D eigenvalue weighted by Gasteiger charge is 2.37. The van der Waals surface area contributed by atoms with Gasteiger partial charge in [0.1, 0.15) is 52.6 Å². The molecule has 0 radical (unpaired) electrons. The first-order valence-corrected chi connectivity index (χ1v) is 30.7. The number of aromatic nitrogens is 8. The van der Waals surface area contributed by atoms with Gasteiger partial charge in [0.05, 0.1) is 42.2 Å². The van der Waals surface area contributed by atoms with E-state index < -0.39 is 59.7 Å². The second kappa shape index (κ2) is 29.2. The number of aryl methyl sites for hydroxylation is 4. The molecule has 2 saturated heterocycles. The zero-order valence-corrected chi connectivity index (χ0v) is 53.0. The number of rotatable bonds is 24. The first-order valence-electron chi connectivity index (χ1n) is 30.7. The normalized spacial score (nSPS) is 15.6. The van der Waals surface area contributed by atoms with Crippen molar-refractivity contribution in [3.05, 3.63) is 124 Å². The van der Waals surface area contributed by atoms with Crippen LogP contribution in [0.5, 0.6) is 11.5 Å². The lowest BCUT2D eigenvalue weighted by molar-refractivity contribution is -0.140. The van der Waals surface area contributed by atoms with Crippen molar-refractivity contribution in [2.75, 3.05) is 58.3 Å². The van der Waals surface area contributed by atoms with Crippen molar-refractivity contribution in [2.45, 2.75) is 119 Å². The number of aromatic amines is 2. The number of fused-ring (bicyclic) bond motifs is 2. The molecule has 2 aliphatic rings. The number of amides is 8. The lowest BCUT2D eigenvalue weighted by Crippen LogP contribution is -2.55. The first-order chi connectivity index (χ1) is 44.0. The molecule has 9 rings (SSSR count). The highest BCUT2D eigenvalue weighted by Crippen LogP contribution is 2.29. The second-order valence-corrected chi connectivity index (χ2v) is 23.1. The molecule has 2 aliphatic heterocycles. The molecule has 92 heavy (non-hydrogen) atoms. The third-order valence-electron chi connectivity index (χ3n) is 16.0. The SMILES string of the molecule is CCn1nc(C)cc1C(=O)/N=c1\[nH]c2cc(C(N)=O)cc(OC)c2n1C/C=C/Cn1/c(=N/C(=O)c2cc(C)nn2CC)[nH]c2cc(C(N)=O)cc(OCCCN3CCN(C(=O)OCc4ccc(NC(=O)C(NC(=O)[C@@H]5CCCN5C(=O)C(C)N)C(C)C)cc4)CC3)c21. The average molecular weight is 1270 g/mol. The number of carbonyl (C=O) groups excluding carboxylic acids is 8. The van der Waals surface area contributed by atoms with Crippen molar-refractivity contribution < 1.29 is 52.6 Å². The van der Waals surface area contributed by atoms with Crippen LogP contribution in [0.1, 0.15) is 113 Å². The van der Waals surface area contributed by atoms with E-state index in [2.05, 4.69) is 45.7 Å². The molecule has 29 nitrogen and oxygen atoms in total. The van der Waals surface area contributed by atoms with E-state index in [1.165, 1.54) is 18.1 Å². The molecule has 7 aromatic rings. The minimum Gasteiger partial charge on any atom is -0.494 e. The average Bonchev–Trinajstić information content (AvgIpc) is 1.62. The van der Waals surface area contributed by atoms with E-state index in [9.17, 15) is 38.4 Å². The second-order valence-electron chi connectivity index (χ2n) is 23.1. The number of carbonyl (C=O) groups is 8. The van der Waals surface area contributed by atoms with E-state index >= 15 is 0 Å². The summed E-state index contributed by atoms with van der Waals surface area (Å²) in [7, 11) is 1.45. The molecule has 0 aliphatic carbocycles. The molecule has 10 N–H and O–H groups in total. The Balaban J connectivity index is 0.856. The van der Waals surface area contributed by atoms with E-state index in [4.69, 9.17) is 31.4 Å². The van der Waals surface area contributed by atoms with Gasteiger partial charge in [0.15, 0.2) is 0 Å². The van der Waals surface area contributed by atoms with Crippen LogP contribution in [0.3, 0.4) is 0 Å². The number of nitrogens with one attached hydrogen (secondary N) is 4. The third kappa shape index (κ3) is 15.2. The van der Waals surface area contributed by atoms with Gasteiger partial charge in [-0.3, -0.25) is 47.8 Å². The fourth-order valence-corrected chi connectivity index (χ4v) is 11.3. The van der Waals surface area contributed by atoms with Crippen LogP contribution >= 0.6 is 0 Å². The van der Waals surface area contributed by atoms with Crippen LogP contribution in [-0.4, -0.2) is 172 Å². The molecule has 6 heterocycles. The van der Waals surface area contributed by atoms with Crippen LogP contribution in [0, 0.1) is 19.8 Å². The summed E-state index contributed by atoms with van der Waals surface area (Å²) >= 11 is 0. The number of allylic oxidation sites excluding steroid dienone is 2. The maximum absolute atomic E-state index is 14.0. The Morgan fingerprint density at radius 2 is 1.28 bits per heavy atom. The molecule has 2 fully saturated rings. The molecule has 0 spiro atoms. The molecule has 29 heteroatoms. The van der Waals surface area contributed by atoms with Crippen molar-refractivity contribution in [3.8, 4) is 11.5 Å². The van der Waals surface area contributed by atoms with Crippen LogP contribution in [0.25, 0.3) is 22.1 Å². The van der Waals surface area contributed by atoms with Gasteiger partial charge in [-0.1, -0.05) is 38.1 Å². The van der Waals surface area contributed by atoms with Crippen LogP contribution in [0.4, 0.5) is 10.5 Å². The number of nitrogens with zero attached hydrogens (tertiary/aromatic N) is 11. The number of imidazole rings is 2. The van der Waals surface area contributed by atoms with Gasteiger partial charge in [-0.05, 0) is 114 Å².